The summed E-state index contributed by atoms with van der Waals surface area (Å²) in [7, 11) is 0. The highest BCUT2D eigenvalue weighted by atomic mass is 32.2. The van der Waals surface area contributed by atoms with E-state index in [1.54, 1.807) is 0 Å². The Labute approximate surface area is 114 Å². The average Bonchev–Trinajstić information content (AvgIpc) is 2.35. The molecule has 3 atom stereocenters. The normalized spacial score (nSPS) is 25.4. The van der Waals surface area contributed by atoms with Crippen molar-refractivity contribution < 1.29 is 0 Å². The van der Waals surface area contributed by atoms with Gasteiger partial charge in [0.1, 0.15) is 0 Å². The summed E-state index contributed by atoms with van der Waals surface area (Å²) in [5.74, 6) is 1.86. The summed E-state index contributed by atoms with van der Waals surface area (Å²) < 4.78 is 0. The van der Waals surface area contributed by atoms with E-state index < -0.39 is 0 Å². The molecular weight excluding hydrogens is 240 g/mol. The van der Waals surface area contributed by atoms with E-state index in [-0.39, 0.29) is 0 Å². The smallest absolute Gasteiger partial charge is 0.157 e. The number of benzene rings is 1. The van der Waals surface area contributed by atoms with Crippen LogP contribution in [0.4, 0.5) is 0 Å². The Hall–Kier alpha value is -0.960. The highest BCUT2D eigenvalue weighted by Crippen LogP contribution is 2.21. The first-order valence-electron chi connectivity index (χ1n) is 6.66. The molecule has 0 amide bonds. The minimum atomic E-state index is 0.430. The summed E-state index contributed by atoms with van der Waals surface area (Å²) in [6.45, 7) is 6.69. The Balaban J connectivity index is 1.88. The molecule has 2 nitrogen and oxygen atoms in total. The number of nitrogens with one attached hydrogen (secondary N) is 1. The zero-order valence-corrected chi connectivity index (χ0v) is 12.2. The molecule has 0 aliphatic carbocycles. The lowest BCUT2D eigenvalue weighted by atomic mass is 10.1. The van der Waals surface area contributed by atoms with Crippen molar-refractivity contribution in [2.24, 2.45) is 10.9 Å². The molecule has 0 radical (unpaired) electrons. The van der Waals surface area contributed by atoms with Crippen molar-refractivity contribution in [3.05, 3.63) is 35.9 Å². The summed E-state index contributed by atoms with van der Waals surface area (Å²) in [6, 6.07) is 11.5. The van der Waals surface area contributed by atoms with E-state index >= 15 is 0 Å². The van der Waals surface area contributed by atoms with Gasteiger partial charge < -0.3 is 5.32 Å². The van der Waals surface area contributed by atoms with Crippen molar-refractivity contribution in [3.63, 3.8) is 0 Å². The van der Waals surface area contributed by atoms with Gasteiger partial charge in [-0.15, -0.1) is 0 Å². The van der Waals surface area contributed by atoms with Gasteiger partial charge in [0, 0.05) is 11.8 Å². The van der Waals surface area contributed by atoms with Crippen LogP contribution in [0.25, 0.3) is 0 Å². The molecule has 1 heterocycles. The molecule has 98 valence electrons. The second-order valence-electron chi connectivity index (χ2n) is 5.20. The second kappa shape index (κ2) is 6.28. The Kier molecular flexibility index (Phi) is 4.70. The SMILES string of the molecule is CC(Cc1ccccc1)NC1=NC(C)C(C)CS1. The van der Waals surface area contributed by atoms with Crippen LogP contribution in [-0.4, -0.2) is 23.0 Å². The summed E-state index contributed by atoms with van der Waals surface area (Å²) >= 11 is 1.85. The zero-order chi connectivity index (χ0) is 13.0. The maximum atomic E-state index is 4.71. The molecule has 0 saturated heterocycles. The Morgan fingerprint density at radius 2 is 2.06 bits per heavy atom. The molecule has 0 spiro atoms. The van der Waals surface area contributed by atoms with Crippen LogP contribution in [0, 0.1) is 5.92 Å². The van der Waals surface area contributed by atoms with E-state index in [2.05, 4.69) is 56.4 Å². The number of rotatable bonds is 3. The van der Waals surface area contributed by atoms with Gasteiger partial charge in [0.15, 0.2) is 5.17 Å². The molecule has 0 aromatic heterocycles. The summed E-state index contributed by atoms with van der Waals surface area (Å²) in [6.07, 6.45) is 1.05. The minimum absolute atomic E-state index is 0.430. The fraction of sp³-hybridized carbons (Fsp3) is 0.533. The third kappa shape index (κ3) is 3.77. The molecule has 0 fully saturated rings. The van der Waals surface area contributed by atoms with Gasteiger partial charge in [0.2, 0.25) is 0 Å². The third-order valence-electron chi connectivity index (χ3n) is 3.38. The first-order chi connectivity index (χ1) is 8.65. The number of amidine groups is 1. The van der Waals surface area contributed by atoms with Crippen LogP contribution in [0.15, 0.2) is 35.3 Å². The number of thioether (sulfide) groups is 1. The van der Waals surface area contributed by atoms with Crippen LogP contribution in [0.5, 0.6) is 0 Å². The molecule has 0 saturated carbocycles. The van der Waals surface area contributed by atoms with E-state index in [4.69, 9.17) is 4.99 Å². The summed E-state index contributed by atoms with van der Waals surface area (Å²) in [5.41, 5.74) is 1.38. The Morgan fingerprint density at radius 1 is 1.33 bits per heavy atom. The summed E-state index contributed by atoms with van der Waals surface area (Å²) in [4.78, 5) is 4.71. The molecule has 18 heavy (non-hydrogen) atoms. The van der Waals surface area contributed by atoms with Crippen molar-refractivity contribution in [2.75, 3.05) is 5.75 Å². The topological polar surface area (TPSA) is 24.4 Å². The molecule has 3 unspecified atom stereocenters. The van der Waals surface area contributed by atoms with Gasteiger partial charge in [-0.3, -0.25) is 4.99 Å². The number of hydrogen-bond acceptors (Lipinski definition) is 3. The monoisotopic (exact) mass is 262 g/mol. The van der Waals surface area contributed by atoms with Gasteiger partial charge in [-0.2, -0.15) is 0 Å². The van der Waals surface area contributed by atoms with Crippen LogP contribution in [0.2, 0.25) is 0 Å². The summed E-state index contributed by atoms with van der Waals surface area (Å²) in [5, 5.41) is 4.65. The number of nitrogens with zero attached hydrogens (tertiary/aromatic N) is 1. The van der Waals surface area contributed by atoms with E-state index in [9.17, 15) is 0 Å². The maximum absolute atomic E-state index is 4.71. The van der Waals surface area contributed by atoms with Crippen LogP contribution >= 0.6 is 11.8 Å². The van der Waals surface area contributed by atoms with E-state index in [0.29, 0.717) is 18.0 Å². The average molecular weight is 262 g/mol. The molecule has 0 bridgehead atoms. The van der Waals surface area contributed by atoms with Crippen molar-refractivity contribution in [1.82, 2.24) is 5.32 Å². The standard InChI is InChI=1S/C15H22N2S/c1-11-10-18-15(17-13(11)3)16-12(2)9-14-7-5-4-6-8-14/h4-8,11-13H,9-10H2,1-3H3,(H,16,17). The quantitative estimate of drug-likeness (QED) is 0.903. The molecule has 3 heteroatoms. The highest BCUT2D eigenvalue weighted by Gasteiger charge is 2.19. The molecule has 2 rings (SSSR count). The second-order valence-corrected chi connectivity index (χ2v) is 6.21. The van der Waals surface area contributed by atoms with E-state index in [1.165, 1.54) is 11.3 Å². The zero-order valence-electron chi connectivity index (χ0n) is 11.4. The lowest BCUT2D eigenvalue weighted by molar-refractivity contribution is 0.531. The van der Waals surface area contributed by atoms with E-state index in [1.807, 2.05) is 11.8 Å². The first kappa shape index (κ1) is 13.5. The predicted molar refractivity (Wildman–Crippen MR) is 81.3 cm³/mol. The van der Waals surface area contributed by atoms with Crippen molar-refractivity contribution in [2.45, 2.75) is 39.3 Å². The van der Waals surface area contributed by atoms with Gasteiger partial charge in [-0.25, -0.2) is 0 Å². The van der Waals surface area contributed by atoms with Gasteiger partial charge in [0.05, 0.1) is 6.04 Å². The van der Waals surface area contributed by atoms with Crippen LogP contribution in [-0.2, 0) is 6.42 Å². The van der Waals surface area contributed by atoms with Gasteiger partial charge in [-0.05, 0) is 31.7 Å². The van der Waals surface area contributed by atoms with Gasteiger partial charge in [-0.1, -0.05) is 49.0 Å². The van der Waals surface area contributed by atoms with Gasteiger partial charge >= 0.3 is 0 Å². The van der Waals surface area contributed by atoms with Crippen LogP contribution in [0.1, 0.15) is 26.3 Å². The van der Waals surface area contributed by atoms with E-state index in [0.717, 1.165) is 11.6 Å². The molecule has 1 aliphatic heterocycles. The largest absolute Gasteiger partial charge is 0.362 e. The molecule has 1 aromatic rings. The van der Waals surface area contributed by atoms with Crippen LogP contribution in [0.3, 0.4) is 0 Å². The lowest BCUT2D eigenvalue weighted by Gasteiger charge is -2.25. The Bertz CT molecular complexity index is 402. The molecule has 1 aliphatic rings. The number of hydrogen-bond donors (Lipinski definition) is 1. The van der Waals surface area contributed by atoms with Crippen molar-refractivity contribution >= 4 is 16.9 Å². The predicted octanol–water partition coefficient (Wildman–Crippen LogP) is 3.33. The minimum Gasteiger partial charge on any atom is -0.362 e. The van der Waals surface area contributed by atoms with Crippen LogP contribution < -0.4 is 5.32 Å². The lowest BCUT2D eigenvalue weighted by Crippen LogP contribution is -2.36. The maximum Gasteiger partial charge on any atom is 0.157 e. The molecule has 1 aromatic carbocycles. The van der Waals surface area contributed by atoms with Gasteiger partial charge in [0.25, 0.3) is 0 Å². The van der Waals surface area contributed by atoms with Crippen molar-refractivity contribution in [3.8, 4) is 0 Å². The first-order valence-corrected chi connectivity index (χ1v) is 7.64. The van der Waals surface area contributed by atoms with Crippen molar-refractivity contribution in [1.29, 1.82) is 0 Å². The molecular formula is C15H22N2S. The molecule has 1 N–H and O–H groups in total. The third-order valence-corrected chi connectivity index (χ3v) is 4.57. The Morgan fingerprint density at radius 3 is 2.72 bits per heavy atom. The fourth-order valence-electron chi connectivity index (χ4n) is 2.01. The number of aliphatic imine (C=N–C) groups is 1. The highest BCUT2D eigenvalue weighted by molar-refractivity contribution is 8.13. The fourth-order valence-corrected chi connectivity index (χ4v) is 3.23.